The number of hydrogen-bond acceptors (Lipinski definition) is 4. The molecule has 1 saturated heterocycles. The van der Waals surface area contributed by atoms with Gasteiger partial charge in [0, 0.05) is 5.41 Å². The summed E-state index contributed by atoms with van der Waals surface area (Å²) >= 11 is 0. The maximum absolute atomic E-state index is 12.0. The molecule has 1 heterocycles. The fourth-order valence-corrected chi connectivity index (χ4v) is 1.81. The molecule has 5 heteroatoms. The van der Waals surface area contributed by atoms with Crippen LogP contribution in [0.15, 0.2) is 0 Å². The van der Waals surface area contributed by atoms with Crippen LogP contribution in [0.1, 0.15) is 26.7 Å². The Hall–Kier alpha value is -1.10. The van der Waals surface area contributed by atoms with E-state index in [1.54, 1.807) is 6.92 Å². The van der Waals surface area contributed by atoms with Gasteiger partial charge in [-0.2, -0.15) is 0 Å². The average molecular weight is 228 g/mol. The highest BCUT2D eigenvalue weighted by molar-refractivity contribution is 5.87. The largest absolute Gasteiger partial charge is 0.467 e. The zero-order valence-corrected chi connectivity index (χ0v) is 10.1. The molecule has 16 heavy (non-hydrogen) atoms. The summed E-state index contributed by atoms with van der Waals surface area (Å²) < 4.78 is 4.57. The third kappa shape index (κ3) is 2.95. The number of amides is 1. The molecule has 1 atom stereocenters. The molecule has 0 aromatic rings. The molecule has 5 nitrogen and oxygen atoms in total. The van der Waals surface area contributed by atoms with Gasteiger partial charge in [0.2, 0.25) is 5.91 Å². The van der Waals surface area contributed by atoms with Crippen LogP contribution in [0.3, 0.4) is 0 Å². The van der Waals surface area contributed by atoms with E-state index in [1.807, 2.05) is 6.92 Å². The summed E-state index contributed by atoms with van der Waals surface area (Å²) in [5, 5.41) is 5.91. The Morgan fingerprint density at radius 3 is 2.44 bits per heavy atom. The first-order valence-electron chi connectivity index (χ1n) is 5.59. The second-order valence-corrected chi connectivity index (χ2v) is 4.53. The topological polar surface area (TPSA) is 67.4 Å². The summed E-state index contributed by atoms with van der Waals surface area (Å²) in [6, 6.07) is -0.579. The van der Waals surface area contributed by atoms with E-state index in [2.05, 4.69) is 15.4 Å². The molecule has 0 spiro atoms. The van der Waals surface area contributed by atoms with Crippen molar-refractivity contribution in [3.05, 3.63) is 0 Å². The van der Waals surface area contributed by atoms with Crippen molar-refractivity contribution >= 4 is 11.9 Å². The maximum atomic E-state index is 12.0. The van der Waals surface area contributed by atoms with Crippen molar-refractivity contribution in [1.82, 2.24) is 10.6 Å². The third-order valence-electron chi connectivity index (χ3n) is 3.16. The van der Waals surface area contributed by atoms with Crippen LogP contribution in [-0.4, -0.2) is 38.1 Å². The Labute approximate surface area is 95.9 Å². The number of esters is 1. The van der Waals surface area contributed by atoms with Gasteiger partial charge in [-0.3, -0.25) is 4.79 Å². The average Bonchev–Trinajstić information content (AvgIpc) is 2.28. The molecular formula is C11H20N2O3. The first kappa shape index (κ1) is 13.0. The third-order valence-corrected chi connectivity index (χ3v) is 3.16. The van der Waals surface area contributed by atoms with Crippen molar-refractivity contribution < 1.29 is 14.3 Å². The first-order chi connectivity index (χ1) is 7.49. The fraction of sp³-hybridized carbons (Fsp3) is 0.818. The van der Waals surface area contributed by atoms with Gasteiger partial charge in [0.05, 0.1) is 7.11 Å². The van der Waals surface area contributed by atoms with E-state index in [4.69, 9.17) is 0 Å². The standard InChI is InChI=1S/C11H20N2O3/c1-8(9(14)16-3)13-10(15)11(2)4-6-12-7-5-11/h8,12H,4-7H2,1-3H3,(H,13,15). The minimum absolute atomic E-state index is 0.0631. The predicted molar refractivity (Wildman–Crippen MR) is 59.8 cm³/mol. The van der Waals surface area contributed by atoms with Gasteiger partial charge in [0.25, 0.3) is 0 Å². The zero-order valence-electron chi connectivity index (χ0n) is 10.1. The molecule has 0 aliphatic carbocycles. The second kappa shape index (κ2) is 5.30. The number of rotatable bonds is 3. The molecule has 1 fully saturated rings. The molecule has 1 aliphatic rings. The zero-order chi connectivity index (χ0) is 12.2. The molecule has 1 unspecified atom stereocenters. The van der Waals surface area contributed by atoms with Crippen LogP contribution in [0, 0.1) is 5.41 Å². The lowest BCUT2D eigenvalue weighted by atomic mass is 9.80. The van der Waals surface area contributed by atoms with Crippen molar-refractivity contribution in [3.8, 4) is 0 Å². The maximum Gasteiger partial charge on any atom is 0.328 e. The summed E-state index contributed by atoms with van der Waals surface area (Å²) in [5.41, 5.74) is -0.368. The number of piperidine rings is 1. The van der Waals surface area contributed by atoms with Gasteiger partial charge in [-0.25, -0.2) is 4.79 Å². The second-order valence-electron chi connectivity index (χ2n) is 4.53. The van der Waals surface area contributed by atoms with E-state index in [1.165, 1.54) is 7.11 Å². The lowest BCUT2D eigenvalue weighted by molar-refractivity contribution is -0.146. The number of ether oxygens (including phenoxy) is 1. The number of carbonyl (C=O) groups excluding carboxylic acids is 2. The highest BCUT2D eigenvalue weighted by atomic mass is 16.5. The Morgan fingerprint density at radius 1 is 1.38 bits per heavy atom. The normalized spacial score (nSPS) is 20.9. The van der Waals surface area contributed by atoms with Crippen LogP contribution < -0.4 is 10.6 Å². The molecule has 0 aromatic heterocycles. The van der Waals surface area contributed by atoms with Gasteiger partial charge < -0.3 is 15.4 Å². The Balaban J connectivity index is 2.53. The Bertz CT molecular complexity index is 272. The lowest BCUT2D eigenvalue weighted by Gasteiger charge is -2.33. The molecular weight excluding hydrogens is 208 g/mol. The Morgan fingerprint density at radius 2 is 1.94 bits per heavy atom. The molecule has 0 bridgehead atoms. The smallest absolute Gasteiger partial charge is 0.328 e. The number of nitrogens with one attached hydrogen (secondary N) is 2. The Kier molecular flexibility index (Phi) is 4.29. The van der Waals surface area contributed by atoms with Crippen LogP contribution in [0.25, 0.3) is 0 Å². The number of carbonyl (C=O) groups is 2. The minimum Gasteiger partial charge on any atom is -0.467 e. The van der Waals surface area contributed by atoms with E-state index in [0.717, 1.165) is 25.9 Å². The van der Waals surface area contributed by atoms with E-state index in [0.29, 0.717) is 0 Å². The van der Waals surface area contributed by atoms with Crippen LogP contribution in [0.4, 0.5) is 0 Å². The number of hydrogen-bond donors (Lipinski definition) is 2. The van der Waals surface area contributed by atoms with Gasteiger partial charge in [-0.05, 0) is 32.9 Å². The van der Waals surface area contributed by atoms with Crippen LogP contribution in [-0.2, 0) is 14.3 Å². The van der Waals surface area contributed by atoms with Crippen molar-refractivity contribution in [2.45, 2.75) is 32.7 Å². The first-order valence-corrected chi connectivity index (χ1v) is 5.59. The van der Waals surface area contributed by atoms with E-state index in [9.17, 15) is 9.59 Å². The van der Waals surface area contributed by atoms with Crippen LogP contribution >= 0.6 is 0 Å². The SMILES string of the molecule is COC(=O)C(C)NC(=O)C1(C)CCNCC1. The molecule has 0 aromatic carbocycles. The minimum atomic E-state index is -0.579. The van der Waals surface area contributed by atoms with Gasteiger partial charge >= 0.3 is 5.97 Å². The molecule has 1 rings (SSSR count). The predicted octanol–water partition coefficient (Wildman–Crippen LogP) is 0.0538. The van der Waals surface area contributed by atoms with E-state index in [-0.39, 0.29) is 11.3 Å². The highest BCUT2D eigenvalue weighted by Crippen LogP contribution is 2.28. The van der Waals surface area contributed by atoms with Gasteiger partial charge in [-0.15, -0.1) is 0 Å². The summed E-state index contributed by atoms with van der Waals surface area (Å²) in [7, 11) is 1.32. The van der Waals surface area contributed by atoms with Gasteiger partial charge in [0.15, 0.2) is 0 Å². The lowest BCUT2D eigenvalue weighted by Crippen LogP contribution is -2.50. The van der Waals surface area contributed by atoms with Crippen LogP contribution in [0.2, 0.25) is 0 Å². The summed E-state index contributed by atoms with van der Waals surface area (Å²) in [6.45, 7) is 5.26. The fourth-order valence-electron chi connectivity index (χ4n) is 1.81. The summed E-state index contributed by atoms with van der Waals surface area (Å²) in [5.74, 6) is -0.474. The van der Waals surface area contributed by atoms with Crippen molar-refractivity contribution in [1.29, 1.82) is 0 Å². The molecule has 2 N–H and O–H groups in total. The molecule has 92 valence electrons. The monoisotopic (exact) mass is 228 g/mol. The van der Waals surface area contributed by atoms with Gasteiger partial charge in [-0.1, -0.05) is 6.92 Å². The van der Waals surface area contributed by atoms with Crippen LogP contribution in [0.5, 0.6) is 0 Å². The quantitative estimate of drug-likeness (QED) is 0.670. The molecule has 0 saturated carbocycles. The molecule has 1 aliphatic heterocycles. The van der Waals surface area contributed by atoms with Crippen molar-refractivity contribution in [3.63, 3.8) is 0 Å². The van der Waals surface area contributed by atoms with Gasteiger partial charge in [0.1, 0.15) is 6.04 Å². The number of methoxy groups -OCH3 is 1. The molecule has 1 amide bonds. The molecule has 0 radical (unpaired) electrons. The van der Waals surface area contributed by atoms with E-state index >= 15 is 0 Å². The van der Waals surface area contributed by atoms with Crippen molar-refractivity contribution in [2.24, 2.45) is 5.41 Å². The summed E-state index contributed by atoms with van der Waals surface area (Å²) in [6.07, 6.45) is 1.60. The summed E-state index contributed by atoms with van der Waals surface area (Å²) in [4.78, 5) is 23.2. The van der Waals surface area contributed by atoms with E-state index < -0.39 is 12.0 Å². The van der Waals surface area contributed by atoms with Crippen molar-refractivity contribution in [2.75, 3.05) is 20.2 Å². The highest BCUT2D eigenvalue weighted by Gasteiger charge is 2.35.